The van der Waals surface area contributed by atoms with Crippen molar-refractivity contribution in [3.63, 3.8) is 0 Å². The minimum atomic E-state index is -3.85. The van der Waals surface area contributed by atoms with E-state index in [1.165, 1.54) is 12.3 Å². The molecule has 1 rings (SSSR count). The first-order valence-electron chi connectivity index (χ1n) is 6.29. The molecule has 1 aromatic heterocycles. The molecular weight excluding hydrogens is 316 g/mol. The third-order valence-corrected chi connectivity index (χ3v) is 4.45. The van der Waals surface area contributed by atoms with Crippen LogP contribution in [0.1, 0.15) is 27.2 Å². The molecule has 0 saturated carbocycles. The Morgan fingerprint density at radius 2 is 2.10 bits per heavy atom. The molecule has 21 heavy (non-hydrogen) atoms. The van der Waals surface area contributed by atoms with Crippen molar-refractivity contribution < 1.29 is 13.2 Å². The summed E-state index contributed by atoms with van der Waals surface area (Å²) in [5.41, 5.74) is 4.10. The van der Waals surface area contributed by atoms with Crippen molar-refractivity contribution in [2.45, 2.75) is 37.6 Å². The molecule has 118 valence electrons. The molecule has 0 radical (unpaired) electrons. The highest BCUT2D eigenvalue weighted by molar-refractivity contribution is 7.89. The minimum Gasteiger partial charge on any atom is -0.370 e. The van der Waals surface area contributed by atoms with Crippen molar-refractivity contribution in [1.82, 2.24) is 9.71 Å². The Morgan fingerprint density at radius 3 is 2.57 bits per heavy atom. The Hall–Kier alpha value is -1.38. The molecule has 9 heteroatoms. The van der Waals surface area contributed by atoms with Gasteiger partial charge in [0.1, 0.15) is 10.7 Å². The molecule has 1 heterocycles. The fourth-order valence-electron chi connectivity index (χ4n) is 1.76. The van der Waals surface area contributed by atoms with Crippen LogP contribution in [-0.4, -0.2) is 31.4 Å². The van der Waals surface area contributed by atoms with Gasteiger partial charge in [-0.05, 0) is 26.8 Å². The summed E-state index contributed by atoms with van der Waals surface area (Å²) in [6, 6.07) is 1.30. The largest absolute Gasteiger partial charge is 0.370 e. The van der Waals surface area contributed by atoms with Crippen LogP contribution in [0.4, 0.5) is 5.82 Å². The van der Waals surface area contributed by atoms with Crippen LogP contribution in [0, 0.1) is 0 Å². The van der Waals surface area contributed by atoms with Gasteiger partial charge < -0.3 is 11.1 Å². The lowest BCUT2D eigenvalue weighted by molar-refractivity contribution is -0.119. The number of carbonyl (C=O) groups is 1. The van der Waals surface area contributed by atoms with Gasteiger partial charge in [0, 0.05) is 24.7 Å². The zero-order valence-electron chi connectivity index (χ0n) is 12.1. The SMILES string of the molecule is CCNc1ncc(S(=O)(=O)NC(C)(C)CC(N)=O)cc1Cl. The predicted octanol–water partition coefficient (Wildman–Crippen LogP) is 1.10. The molecule has 0 aliphatic rings. The second-order valence-corrected chi connectivity index (χ2v) is 7.25. The van der Waals surface area contributed by atoms with Crippen LogP contribution >= 0.6 is 11.6 Å². The van der Waals surface area contributed by atoms with E-state index in [1.54, 1.807) is 13.8 Å². The first-order valence-corrected chi connectivity index (χ1v) is 8.15. The number of pyridine rings is 1. The van der Waals surface area contributed by atoms with Gasteiger partial charge in [0.2, 0.25) is 15.9 Å². The van der Waals surface area contributed by atoms with Crippen molar-refractivity contribution in [2.75, 3.05) is 11.9 Å². The molecule has 0 unspecified atom stereocenters. The summed E-state index contributed by atoms with van der Waals surface area (Å²) in [5, 5.41) is 3.11. The summed E-state index contributed by atoms with van der Waals surface area (Å²) in [6.07, 6.45) is 1.08. The summed E-state index contributed by atoms with van der Waals surface area (Å²) < 4.78 is 26.9. The van der Waals surface area contributed by atoms with Crippen molar-refractivity contribution >= 4 is 33.3 Å². The van der Waals surface area contributed by atoms with Gasteiger partial charge in [-0.25, -0.2) is 18.1 Å². The molecule has 0 aliphatic heterocycles. The predicted molar refractivity (Wildman–Crippen MR) is 81.6 cm³/mol. The van der Waals surface area contributed by atoms with Crippen LogP contribution in [0.25, 0.3) is 0 Å². The van der Waals surface area contributed by atoms with Gasteiger partial charge in [-0.2, -0.15) is 0 Å². The first-order chi connectivity index (χ1) is 9.57. The van der Waals surface area contributed by atoms with E-state index in [2.05, 4.69) is 15.0 Å². The smallest absolute Gasteiger partial charge is 0.242 e. The maximum Gasteiger partial charge on any atom is 0.242 e. The number of hydrogen-bond acceptors (Lipinski definition) is 5. The summed E-state index contributed by atoms with van der Waals surface area (Å²) >= 11 is 5.98. The normalized spacial score (nSPS) is 12.2. The van der Waals surface area contributed by atoms with E-state index in [-0.39, 0.29) is 16.3 Å². The average molecular weight is 335 g/mol. The number of nitrogens with one attached hydrogen (secondary N) is 2. The molecule has 0 spiro atoms. The topological polar surface area (TPSA) is 114 Å². The van der Waals surface area contributed by atoms with Gasteiger partial charge in [0.05, 0.1) is 5.02 Å². The minimum absolute atomic E-state index is 0.0771. The van der Waals surface area contributed by atoms with E-state index >= 15 is 0 Å². The van der Waals surface area contributed by atoms with Crippen molar-refractivity contribution in [1.29, 1.82) is 0 Å². The molecule has 0 aliphatic carbocycles. The van der Waals surface area contributed by atoms with Gasteiger partial charge >= 0.3 is 0 Å². The highest BCUT2D eigenvalue weighted by Crippen LogP contribution is 2.23. The standard InChI is InChI=1S/C12H19ClN4O3S/c1-4-15-11-9(13)5-8(7-16-11)21(19,20)17-12(2,3)6-10(14)18/h5,7,17H,4,6H2,1-3H3,(H2,14,18)(H,15,16). The van der Waals surface area contributed by atoms with Crippen LogP contribution in [0.2, 0.25) is 5.02 Å². The van der Waals surface area contributed by atoms with Crippen molar-refractivity contribution in [3.05, 3.63) is 17.3 Å². The second kappa shape index (κ2) is 6.59. The maximum atomic E-state index is 12.3. The van der Waals surface area contributed by atoms with E-state index in [0.717, 1.165) is 0 Å². The van der Waals surface area contributed by atoms with Gasteiger partial charge in [-0.1, -0.05) is 11.6 Å². The highest BCUT2D eigenvalue weighted by Gasteiger charge is 2.28. The Bertz CT molecular complexity index is 631. The Labute approximate surface area is 129 Å². The number of aromatic nitrogens is 1. The van der Waals surface area contributed by atoms with E-state index in [0.29, 0.717) is 12.4 Å². The number of nitrogens with two attached hydrogens (primary N) is 1. The number of hydrogen-bond donors (Lipinski definition) is 3. The third kappa shape index (κ3) is 5.14. The summed E-state index contributed by atoms with van der Waals surface area (Å²) in [5.74, 6) is -0.184. The molecule has 0 fully saturated rings. The van der Waals surface area contributed by atoms with Crippen LogP contribution in [0.15, 0.2) is 17.2 Å². The van der Waals surface area contributed by atoms with Crippen molar-refractivity contribution in [2.24, 2.45) is 5.73 Å². The fraction of sp³-hybridized carbons (Fsp3) is 0.500. The van der Waals surface area contributed by atoms with Crippen molar-refractivity contribution in [3.8, 4) is 0 Å². The summed E-state index contributed by atoms with van der Waals surface area (Å²) in [4.78, 5) is 14.8. The van der Waals surface area contributed by atoms with E-state index in [1.807, 2.05) is 6.92 Å². The monoisotopic (exact) mass is 334 g/mol. The molecule has 0 bridgehead atoms. The van der Waals surface area contributed by atoms with E-state index in [4.69, 9.17) is 17.3 Å². The lowest BCUT2D eigenvalue weighted by atomic mass is 10.0. The number of carbonyl (C=O) groups excluding carboxylic acids is 1. The molecule has 0 aromatic carbocycles. The third-order valence-electron chi connectivity index (χ3n) is 2.50. The molecule has 7 nitrogen and oxygen atoms in total. The first kappa shape index (κ1) is 17.7. The van der Waals surface area contributed by atoms with Crippen LogP contribution < -0.4 is 15.8 Å². The van der Waals surface area contributed by atoms with Gasteiger partial charge in [0.25, 0.3) is 0 Å². The summed E-state index contributed by atoms with van der Waals surface area (Å²) in [7, 11) is -3.85. The number of sulfonamides is 1. The van der Waals surface area contributed by atoms with Crippen LogP contribution in [-0.2, 0) is 14.8 Å². The lowest BCUT2D eigenvalue weighted by Gasteiger charge is -2.24. The number of nitrogens with zero attached hydrogens (tertiary/aromatic N) is 1. The quantitative estimate of drug-likeness (QED) is 0.690. The molecular formula is C12H19ClN4O3S. The fourth-order valence-corrected chi connectivity index (χ4v) is 3.44. The van der Waals surface area contributed by atoms with Gasteiger partial charge in [0.15, 0.2) is 0 Å². The Kier molecular flexibility index (Phi) is 5.54. The maximum absolute atomic E-state index is 12.3. The van der Waals surface area contributed by atoms with E-state index in [9.17, 15) is 13.2 Å². The zero-order chi connectivity index (χ0) is 16.3. The zero-order valence-corrected chi connectivity index (χ0v) is 13.7. The van der Waals surface area contributed by atoms with E-state index < -0.39 is 21.5 Å². The Morgan fingerprint density at radius 1 is 1.48 bits per heavy atom. The van der Waals surface area contributed by atoms with Crippen LogP contribution in [0.3, 0.4) is 0 Å². The molecule has 1 aromatic rings. The van der Waals surface area contributed by atoms with Gasteiger partial charge in [-0.15, -0.1) is 0 Å². The number of anilines is 1. The lowest BCUT2D eigenvalue weighted by Crippen LogP contribution is -2.45. The number of halogens is 1. The summed E-state index contributed by atoms with van der Waals surface area (Å²) in [6.45, 7) is 5.62. The molecule has 0 atom stereocenters. The molecule has 1 amide bonds. The highest BCUT2D eigenvalue weighted by atomic mass is 35.5. The van der Waals surface area contributed by atoms with Gasteiger partial charge in [-0.3, -0.25) is 4.79 Å². The average Bonchev–Trinajstić information content (AvgIpc) is 2.28. The number of amides is 1. The second-order valence-electron chi connectivity index (χ2n) is 5.16. The molecule has 4 N–H and O–H groups in total. The number of primary amides is 1. The number of rotatable bonds is 7. The Balaban J connectivity index is 3.03. The molecule has 0 saturated heterocycles. The van der Waals surface area contributed by atoms with Crippen LogP contribution in [0.5, 0.6) is 0 Å².